The van der Waals surface area contributed by atoms with E-state index in [0.717, 1.165) is 32.8 Å². The smallest absolute Gasteiger partial charge is 0.0951 e. The van der Waals surface area contributed by atoms with Gasteiger partial charge < -0.3 is 14.8 Å². The highest BCUT2D eigenvalue weighted by molar-refractivity contribution is 5.03. The average Bonchev–Trinajstić information content (AvgIpc) is 2.96. The van der Waals surface area contributed by atoms with Crippen molar-refractivity contribution in [2.45, 2.75) is 68.5 Å². The molecule has 2 unspecified atom stereocenters. The van der Waals surface area contributed by atoms with E-state index in [1.54, 1.807) is 0 Å². The van der Waals surface area contributed by atoms with E-state index in [4.69, 9.17) is 9.47 Å². The molecule has 1 saturated carbocycles. The highest BCUT2D eigenvalue weighted by Gasteiger charge is 2.48. The number of nitrogens with one attached hydrogen (secondary N) is 1. The summed E-state index contributed by atoms with van der Waals surface area (Å²) in [5.41, 5.74) is 0.489. The van der Waals surface area contributed by atoms with Gasteiger partial charge in [0.05, 0.1) is 12.2 Å². The van der Waals surface area contributed by atoms with E-state index in [2.05, 4.69) is 10.2 Å². The quantitative estimate of drug-likeness (QED) is 0.801. The first-order chi connectivity index (χ1) is 10.3. The van der Waals surface area contributed by atoms with Gasteiger partial charge in [-0.3, -0.25) is 4.90 Å². The molecule has 1 aliphatic carbocycles. The van der Waals surface area contributed by atoms with Crippen LogP contribution in [-0.4, -0.2) is 61.5 Å². The Hall–Kier alpha value is -0.160. The van der Waals surface area contributed by atoms with Crippen LogP contribution in [0.2, 0.25) is 0 Å². The Bertz CT molecular complexity index is 354. The van der Waals surface area contributed by atoms with Gasteiger partial charge in [0.1, 0.15) is 0 Å². The molecule has 4 fully saturated rings. The van der Waals surface area contributed by atoms with Crippen LogP contribution in [0.5, 0.6) is 0 Å². The molecular weight excluding hydrogens is 264 g/mol. The van der Waals surface area contributed by atoms with Gasteiger partial charge in [-0.25, -0.2) is 0 Å². The van der Waals surface area contributed by atoms with Gasteiger partial charge in [-0.15, -0.1) is 0 Å². The number of hydrogen-bond donors (Lipinski definition) is 1. The fraction of sp³-hybridized carbons (Fsp3) is 1.00. The Kier molecular flexibility index (Phi) is 3.99. The summed E-state index contributed by atoms with van der Waals surface area (Å²) in [4.78, 5) is 2.89. The molecule has 120 valence electrons. The summed E-state index contributed by atoms with van der Waals surface area (Å²) in [6, 6.07) is 0.709. The van der Waals surface area contributed by atoms with Gasteiger partial charge in [-0.1, -0.05) is 19.3 Å². The summed E-state index contributed by atoms with van der Waals surface area (Å²) >= 11 is 0. The van der Waals surface area contributed by atoms with Gasteiger partial charge in [0.15, 0.2) is 0 Å². The number of hydrogen-bond acceptors (Lipinski definition) is 4. The minimum Gasteiger partial charge on any atom is -0.378 e. The number of rotatable bonds is 1. The molecule has 3 heterocycles. The zero-order valence-electron chi connectivity index (χ0n) is 13.2. The summed E-state index contributed by atoms with van der Waals surface area (Å²) in [5, 5.41) is 3.68. The van der Waals surface area contributed by atoms with Crippen LogP contribution in [0.3, 0.4) is 0 Å². The van der Waals surface area contributed by atoms with Crippen molar-refractivity contribution in [1.29, 1.82) is 0 Å². The van der Waals surface area contributed by atoms with E-state index in [-0.39, 0.29) is 5.60 Å². The van der Waals surface area contributed by atoms with Crippen LogP contribution in [0.1, 0.15) is 51.4 Å². The van der Waals surface area contributed by atoms with Crippen LogP contribution in [0.4, 0.5) is 0 Å². The highest BCUT2D eigenvalue weighted by Crippen LogP contribution is 2.41. The summed E-state index contributed by atoms with van der Waals surface area (Å²) in [5.74, 6) is 0. The van der Waals surface area contributed by atoms with Gasteiger partial charge in [-0.2, -0.15) is 0 Å². The first-order valence-electron chi connectivity index (χ1n) is 9.01. The SMILES string of the molecule is C1CCC2(CC1)CNCCN2C1CCOC2(CCOC2)C1. The molecule has 4 heteroatoms. The van der Waals surface area contributed by atoms with Gasteiger partial charge >= 0.3 is 0 Å². The summed E-state index contributed by atoms with van der Waals surface area (Å²) in [6.45, 7) is 6.22. The highest BCUT2D eigenvalue weighted by atomic mass is 16.6. The Labute approximate surface area is 128 Å². The zero-order valence-corrected chi connectivity index (χ0v) is 13.2. The number of piperazine rings is 1. The van der Waals surface area contributed by atoms with E-state index >= 15 is 0 Å². The molecule has 3 aliphatic heterocycles. The molecule has 3 saturated heterocycles. The molecule has 0 aromatic heterocycles. The molecule has 21 heavy (non-hydrogen) atoms. The van der Waals surface area contributed by atoms with Crippen LogP contribution in [-0.2, 0) is 9.47 Å². The third kappa shape index (κ3) is 2.65. The van der Waals surface area contributed by atoms with E-state index in [1.807, 2.05) is 0 Å². The van der Waals surface area contributed by atoms with Crippen LogP contribution in [0.15, 0.2) is 0 Å². The fourth-order valence-corrected chi connectivity index (χ4v) is 5.23. The van der Waals surface area contributed by atoms with Crippen molar-refractivity contribution < 1.29 is 9.47 Å². The molecule has 1 N–H and O–H groups in total. The molecule has 2 spiro atoms. The Morgan fingerprint density at radius 2 is 1.95 bits per heavy atom. The van der Waals surface area contributed by atoms with Crippen molar-refractivity contribution >= 4 is 0 Å². The Balaban J connectivity index is 1.52. The summed E-state index contributed by atoms with van der Waals surface area (Å²) in [7, 11) is 0. The summed E-state index contributed by atoms with van der Waals surface area (Å²) in [6.07, 6.45) is 10.5. The van der Waals surface area contributed by atoms with Crippen molar-refractivity contribution in [3.8, 4) is 0 Å². The molecule has 4 nitrogen and oxygen atoms in total. The van der Waals surface area contributed by atoms with Gasteiger partial charge in [0.2, 0.25) is 0 Å². The minimum atomic E-state index is 0.0453. The lowest BCUT2D eigenvalue weighted by atomic mass is 9.76. The number of nitrogens with zero attached hydrogens (tertiary/aromatic N) is 1. The predicted molar refractivity (Wildman–Crippen MR) is 82.5 cm³/mol. The Morgan fingerprint density at radius 3 is 2.76 bits per heavy atom. The molecule has 0 radical (unpaired) electrons. The lowest BCUT2D eigenvalue weighted by Gasteiger charge is -2.55. The third-order valence-corrected chi connectivity index (χ3v) is 6.35. The molecule has 2 atom stereocenters. The lowest BCUT2D eigenvalue weighted by Crippen LogP contribution is -2.66. The maximum absolute atomic E-state index is 6.16. The maximum atomic E-state index is 6.16. The van der Waals surface area contributed by atoms with Crippen LogP contribution in [0.25, 0.3) is 0 Å². The van der Waals surface area contributed by atoms with Gasteiger partial charge in [0.25, 0.3) is 0 Å². The molecule has 0 aromatic rings. The van der Waals surface area contributed by atoms with Crippen LogP contribution < -0.4 is 5.32 Å². The zero-order chi connectivity index (χ0) is 14.2. The van der Waals surface area contributed by atoms with Crippen molar-refractivity contribution in [3.05, 3.63) is 0 Å². The van der Waals surface area contributed by atoms with Crippen LogP contribution in [0, 0.1) is 0 Å². The lowest BCUT2D eigenvalue weighted by molar-refractivity contribution is -0.128. The van der Waals surface area contributed by atoms with E-state index in [1.165, 1.54) is 58.0 Å². The molecule has 0 aromatic carbocycles. The molecule has 4 rings (SSSR count). The predicted octanol–water partition coefficient (Wildman–Crippen LogP) is 1.93. The monoisotopic (exact) mass is 294 g/mol. The van der Waals surface area contributed by atoms with Crippen molar-refractivity contribution in [1.82, 2.24) is 10.2 Å². The second-order valence-electron chi connectivity index (χ2n) is 7.64. The molecule has 0 amide bonds. The summed E-state index contributed by atoms with van der Waals surface area (Å²) < 4.78 is 11.8. The normalized spacial score (nSPS) is 40.9. The first kappa shape index (κ1) is 14.4. The minimum absolute atomic E-state index is 0.0453. The first-order valence-corrected chi connectivity index (χ1v) is 9.01. The van der Waals surface area contributed by atoms with Crippen molar-refractivity contribution in [2.24, 2.45) is 0 Å². The van der Waals surface area contributed by atoms with Crippen molar-refractivity contribution in [3.63, 3.8) is 0 Å². The Morgan fingerprint density at radius 1 is 1.05 bits per heavy atom. The maximum Gasteiger partial charge on any atom is 0.0951 e. The molecule has 0 bridgehead atoms. The topological polar surface area (TPSA) is 33.7 Å². The van der Waals surface area contributed by atoms with Crippen LogP contribution >= 0.6 is 0 Å². The van der Waals surface area contributed by atoms with E-state index < -0.39 is 0 Å². The van der Waals surface area contributed by atoms with E-state index in [9.17, 15) is 0 Å². The average molecular weight is 294 g/mol. The van der Waals surface area contributed by atoms with Gasteiger partial charge in [0, 0.05) is 50.8 Å². The standard InChI is InChI=1S/C17H30N2O2/c1-2-5-16(6-3-1)13-18-8-9-19(16)15-4-10-21-17(12-15)7-11-20-14-17/h15,18H,1-14H2. The van der Waals surface area contributed by atoms with E-state index in [0.29, 0.717) is 11.6 Å². The second kappa shape index (κ2) is 5.80. The largest absolute Gasteiger partial charge is 0.378 e. The number of ether oxygens (including phenoxy) is 2. The third-order valence-electron chi connectivity index (χ3n) is 6.35. The fourth-order valence-electron chi connectivity index (χ4n) is 5.23. The molecular formula is C17H30N2O2. The molecule has 4 aliphatic rings. The second-order valence-corrected chi connectivity index (χ2v) is 7.64. The van der Waals surface area contributed by atoms with Gasteiger partial charge in [-0.05, 0) is 25.7 Å². The van der Waals surface area contributed by atoms with Crippen molar-refractivity contribution in [2.75, 3.05) is 39.5 Å².